The van der Waals surface area contributed by atoms with Gasteiger partial charge in [-0.2, -0.15) is 0 Å². The molecule has 7 heteroatoms. The summed E-state index contributed by atoms with van der Waals surface area (Å²) in [6, 6.07) is 7.09. The van der Waals surface area contributed by atoms with Crippen LogP contribution in [0.5, 0.6) is 0 Å². The molecule has 7 nitrogen and oxygen atoms in total. The molecule has 0 unspecified atom stereocenters. The highest BCUT2D eigenvalue weighted by Gasteiger charge is 2.17. The van der Waals surface area contributed by atoms with E-state index in [0.717, 1.165) is 6.20 Å². The number of nitrogens with one attached hydrogen (secondary N) is 1. The number of fused-ring (bicyclic) bond motifs is 1. The highest BCUT2D eigenvalue weighted by atomic mass is 16.2. The molecule has 0 saturated carbocycles. The number of carbonyl (C=O) groups excluding carboxylic acids is 1. The lowest BCUT2D eigenvalue weighted by Crippen LogP contribution is -2.18. The standard InChI is InChI=1S/C12H9N5O2/c13-12-16-7-3-1-2-4-9(7)17(12)11(19)8-5-15-10(18)6-14-8/h1-6H,(H2,13,16)(H,15,18). The minimum Gasteiger partial charge on any atom is -0.369 e. The maximum Gasteiger partial charge on any atom is 0.285 e. The van der Waals surface area contributed by atoms with Gasteiger partial charge in [-0.15, -0.1) is 0 Å². The molecule has 19 heavy (non-hydrogen) atoms. The van der Waals surface area contributed by atoms with Crippen molar-refractivity contribution in [1.29, 1.82) is 0 Å². The molecular weight excluding hydrogens is 246 g/mol. The monoisotopic (exact) mass is 255 g/mol. The van der Waals surface area contributed by atoms with Crippen LogP contribution in [0.25, 0.3) is 11.0 Å². The largest absolute Gasteiger partial charge is 0.369 e. The second kappa shape index (κ2) is 4.05. The predicted molar refractivity (Wildman–Crippen MR) is 68.7 cm³/mol. The molecule has 2 aromatic heterocycles. The molecule has 0 saturated heterocycles. The van der Waals surface area contributed by atoms with Gasteiger partial charge in [-0.25, -0.2) is 14.5 Å². The van der Waals surface area contributed by atoms with Crippen molar-refractivity contribution in [2.45, 2.75) is 0 Å². The van der Waals surface area contributed by atoms with Gasteiger partial charge in [-0.05, 0) is 12.1 Å². The molecule has 3 N–H and O–H groups in total. The van der Waals surface area contributed by atoms with E-state index < -0.39 is 5.91 Å². The lowest BCUT2D eigenvalue weighted by atomic mass is 10.3. The van der Waals surface area contributed by atoms with Crippen molar-refractivity contribution in [1.82, 2.24) is 19.5 Å². The van der Waals surface area contributed by atoms with Gasteiger partial charge in [0, 0.05) is 6.20 Å². The Bertz CT molecular complexity index is 813. The average molecular weight is 255 g/mol. The molecule has 0 spiro atoms. The zero-order valence-corrected chi connectivity index (χ0v) is 9.70. The Morgan fingerprint density at radius 2 is 2.11 bits per heavy atom. The van der Waals surface area contributed by atoms with E-state index in [1.807, 2.05) is 6.07 Å². The first kappa shape index (κ1) is 11.1. The maximum absolute atomic E-state index is 12.3. The number of carbonyl (C=O) groups is 1. The van der Waals surface area contributed by atoms with Crippen LogP contribution in [0.3, 0.4) is 0 Å². The van der Waals surface area contributed by atoms with Crippen LogP contribution in [0.15, 0.2) is 41.5 Å². The molecular formula is C12H9N5O2. The second-order valence-corrected chi connectivity index (χ2v) is 3.90. The van der Waals surface area contributed by atoms with E-state index in [-0.39, 0.29) is 17.2 Å². The second-order valence-electron chi connectivity index (χ2n) is 3.90. The zero-order chi connectivity index (χ0) is 13.4. The summed E-state index contributed by atoms with van der Waals surface area (Å²) in [5, 5.41) is 0. The van der Waals surface area contributed by atoms with Crippen molar-refractivity contribution < 1.29 is 4.79 Å². The smallest absolute Gasteiger partial charge is 0.285 e. The van der Waals surface area contributed by atoms with Gasteiger partial charge in [0.15, 0.2) is 0 Å². The molecule has 0 amide bonds. The van der Waals surface area contributed by atoms with E-state index in [1.54, 1.807) is 18.2 Å². The molecule has 0 aliphatic heterocycles. The van der Waals surface area contributed by atoms with Crippen molar-refractivity contribution in [2.24, 2.45) is 0 Å². The Morgan fingerprint density at radius 3 is 2.84 bits per heavy atom. The van der Waals surface area contributed by atoms with E-state index >= 15 is 0 Å². The van der Waals surface area contributed by atoms with Crippen LogP contribution in [0.1, 0.15) is 10.5 Å². The van der Waals surface area contributed by atoms with Gasteiger partial charge >= 0.3 is 0 Å². The number of imidazole rings is 1. The lowest BCUT2D eigenvalue weighted by molar-refractivity contribution is 0.0961. The topological polar surface area (TPSA) is 107 Å². The SMILES string of the molecule is Nc1nc2ccccc2n1C(=O)c1c[nH]c(=O)cn1. The average Bonchev–Trinajstić information content (AvgIpc) is 2.74. The number of nitrogen functional groups attached to an aromatic ring is 1. The lowest BCUT2D eigenvalue weighted by Gasteiger charge is -2.03. The highest BCUT2D eigenvalue weighted by molar-refractivity contribution is 6.01. The summed E-state index contributed by atoms with van der Waals surface area (Å²) < 4.78 is 1.26. The number of nitrogens with two attached hydrogens (primary N) is 1. The van der Waals surface area contributed by atoms with Crippen LogP contribution in [0.4, 0.5) is 5.95 Å². The van der Waals surface area contributed by atoms with E-state index in [1.165, 1.54) is 10.8 Å². The number of nitrogens with zero attached hydrogens (tertiary/aromatic N) is 3. The molecule has 3 rings (SSSR count). The van der Waals surface area contributed by atoms with Gasteiger partial charge in [0.05, 0.1) is 17.2 Å². The molecule has 3 aromatic rings. The van der Waals surface area contributed by atoms with Crippen LogP contribution in [0, 0.1) is 0 Å². The first-order valence-corrected chi connectivity index (χ1v) is 5.49. The summed E-state index contributed by atoms with van der Waals surface area (Å²) in [5.74, 6) is -0.360. The zero-order valence-electron chi connectivity index (χ0n) is 9.70. The Kier molecular flexibility index (Phi) is 2.38. The third-order valence-electron chi connectivity index (χ3n) is 2.68. The number of rotatable bonds is 1. The molecule has 0 aliphatic rings. The minimum absolute atomic E-state index is 0.0826. The fraction of sp³-hybridized carbons (Fsp3) is 0. The summed E-state index contributed by atoms with van der Waals surface area (Å²) in [6.45, 7) is 0. The first-order chi connectivity index (χ1) is 9.16. The molecule has 0 fully saturated rings. The first-order valence-electron chi connectivity index (χ1n) is 5.49. The Hall–Kier alpha value is -2.96. The highest BCUT2D eigenvalue weighted by Crippen LogP contribution is 2.18. The van der Waals surface area contributed by atoms with Gasteiger partial charge in [0.2, 0.25) is 5.95 Å². The summed E-state index contributed by atoms with van der Waals surface area (Å²) in [5.41, 5.74) is 6.69. The van der Waals surface area contributed by atoms with Gasteiger partial charge in [-0.1, -0.05) is 12.1 Å². The predicted octanol–water partition coefficient (Wildman–Crippen LogP) is 0.390. The van der Waals surface area contributed by atoms with Crippen molar-refractivity contribution in [2.75, 3.05) is 5.73 Å². The number of para-hydroxylation sites is 2. The van der Waals surface area contributed by atoms with E-state index in [2.05, 4.69) is 15.0 Å². The molecule has 1 aromatic carbocycles. The molecule has 94 valence electrons. The summed E-state index contributed by atoms with van der Waals surface area (Å²) >= 11 is 0. The fourth-order valence-electron chi connectivity index (χ4n) is 1.83. The Morgan fingerprint density at radius 1 is 1.32 bits per heavy atom. The summed E-state index contributed by atoms with van der Waals surface area (Å²) in [6.07, 6.45) is 2.29. The normalized spacial score (nSPS) is 10.7. The number of aromatic nitrogens is 4. The number of benzene rings is 1. The number of hydrogen-bond acceptors (Lipinski definition) is 5. The molecule has 0 aliphatic carbocycles. The van der Waals surface area contributed by atoms with Crippen LogP contribution in [0.2, 0.25) is 0 Å². The van der Waals surface area contributed by atoms with Crippen LogP contribution in [-0.2, 0) is 0 Å². The van der Waals surface area contributed by atoms with Gasteiger partial charge in [-0.3, -0.25) is 9.59 Å². The number of hydrogen-bond donors (Lipinski definition) is 2. The fourth-order valence-corrected chi connectivity index (χ4v) is 1.83. The van der Waals surface area contributed by atoms with Gasteiger partial charge < -0.3 is 10.7 Å². The summed E-state index contributed by atoms with van der Waals surface area (Å²) in [7, 11) is 0. The van der Waals surface area contributed by atoms with Gasteiger partial charge in [0.1, 0.15) is 5.69 Å². The third-order valence-corrected chi connectivity index (χ3v) is 2.68. The van der Waals surface area contributed by atoms with E-state index in [4.69, 9.17) is 5.73 Å². The number of anilines is 1. The van der Waals surface area contributed by atoms with Crippen LogP contribution in [-0.4, -0.2) is 25.4 Å². The van der Waals surface area contributed by atoms with Crippen LogP contribution >= 0.6 is 0 Å². The number of H-pyrrole nitrogens is 1. The van der Waals surface area contributed by atoms with Crippen molar-refractivity contribution >= 4 is 22.9 Å². The molecule has 0 atom stereocenters. The van der Waals surface area contributed by atoms with Crippen molar-refractivity contribution in [3.05, 3.63) is 52.7 Å². The maximum atomic E-state index is 12.3. The third kappa shape index (κ3) is 1.77. The molecule has 0 radical (unpaired) electrons. The van der Waals surface area contributed by atoms with E-state index in [9.17, 15) is 9.59 Å². The Labute approximate surface area is 106 Å². The minimum atomic E-state index is -0.442. The summed E-state index contributed by atoms with van der Waals surface area (Å²) in [4.78, 5) is 33.5. The quantitative estimate of drug-likeness (QED) is 0.654. The van der Waals surface area contributed by atoms with E-state index in [0.29, 0.717) is 11.0 Å². The van der Waals surface area contributed by atoms with Gasteiger partial charge in [0.25, 0.3) is 11.5 Å². The van der Waals surface area contributed by atoms with Crippen LogP contribution < -0.4 is 11.3 Å². The van der Waals surface area contributed by atoms with Crippen molar-refractivity contribution in [3.63, 3.8) is 0 Å². The number of aromatic amines is 1. The molecule has 2 heterocycles. The Balaban J connectivity index is 2.19. The van der Waals surface area contributed by atoms with Crippen molar-refractivity contribution in [3.8, 4) is 0 Å². The molecule has 0 bridgehead atoms.